The molecule has 2 N–H and O–H groups in total. The Balaban J connectivity index is 3.72. The fraction of sp³-hybridized carbons (Fsp3) is 1.00. The Kier molecular flexibility index (Phi) is 9.99. The molecule has 0 rings (SSSR count). The maximum Gasteiger partial charge on any atom is 0.0589 e. The molecule has 0 bridgehead atoms. The molecule has 0 aliphatic heterocycles. The molecule has 1 atom stereocenters. The second-order valence-electron chi connectivity index (χ2n) is 5.17. The Labute approximate surface area is 101 Å². The van der Waals surface area contributed by atoms with Crippen LogP contribution in [-0.4, -0.2) is 44.8 Å². The van der Waals surface area contributed by atoms with E-state index in [1.54, 1.807) is 7.11 Å². The molecular formula is C13H30N2O. The molecule has 0 amide bonds. The van der Waals surface area contributed by atoms with Gasteiger partial charge in [-0.25, -0.2) is 0 Å². The number of hydrogen-bond acceptors (Lipinski definition) is 3. The molecule has 16 heavy (non-hydrogen) atoms. The van der Waals surface area contributed by atoms with Gasteiger partial charge in [-0.05, 0) is 37.8 Å². The predicted octanol–water partition coefficient (Wildman–Crippen LogP) is 1.97. The van der Waals surface area contributed by atoms with Crippen molar-refractivity contribution in [2.24, 2.45) is 17.6 Å². The van der Waals surface area contributed by atoms with Crippen LogP contribution >= 0.6 is 0 Å². The number of methoxy groups -OCH3 is 1. The third-order valence-electron chi connectivity index (χ3n) is 2.81. The Morgan fingerprint density at radius 2 is 1.88 bits per heavy atom. The summed E-state index contributed by atoms with van der Waals surface area (Å²) < 4.78 is 5.14. The van der Waals surface area contributed by atoms with Gasteiger partial charge < -0.3 is 15.4 Å². The van der Waals surface area contributed by atoms with Crippen molar-refractivity contribution in [3.8, 4) is 0 Å². The molecular weight excluding hydrogens is 200 g/mol. The zero-order chi connectivity index (χ0) is 12.4. The average Bonchev–Trinajstić information content (AvgIpc) is 2.24. The minimum atomic E-state index is 0.656. The molecule has 3 heteroatoms. The normalized spacial score (nSPS) is 13.7. The lowest BCUT2D eigenvalue weighted by atomic mass is 10.1. The van der Waals surface area contributed by atoms with Crippen molar-refractivity contribution in [2.75, 3.05) is 39.9 Å². The number of rotatable bonds is 10. The van der Waals surface area contributed by atoms with Crippen LogP contribution in [0.15, 0.2) is 0 Å². The molecule has 0 fully saturated rings. The summed E-state index contributed by atoms with van der Waals surface area (Å²) in [6.45, 7) is 11.8. The summed E-state index contributed by atoms with van der Waals surface area (Å²) in [4.78, 5) is 2.50. The molecule has 0 aromatic rings. The number of hydrogen-bond donors (Lipinski definition) is 1. The van der Waals surface area contributed by atoms with Crippen molar-refractivity contribution < 1.29 is 4.74 Å². The van der Waals surface area contributed by atoms with Gasteiger partial charge in [-0.15, -0.1) is 0 Å². The van der Waals surface area contributed by atoms with Gasteiger partial charge in [0, 0.05) is 20.2 Å². The Hall–Kier alpha value is -0.120. The number of nitrogens with two attached hydrogens (primary N) is 1. The molecule has 0 radical (unpaired) electrons. The van der Waals surface area contributed by atoms with Gasteiger partial charge >= 0.3 is 0 Å². The van der Waals surface area contributed by atoms with Crippen LogP contribution in [-0.2, 0) is 4.74 Å². The molecule has 0 saturated carbocycles. The van der Waals surface area contributed by atoms with E-state index in [0.29, 0.717) is 5.92 Å². The summed E-state index contributed by atoms with van der Waals surface area (Å²) in [6.07, 6.45) is 2.48. The molecule has 0 aromatic carbocycles. The lowest BCUT2D eigenvalue weighted by Crippen LogP contribution is -2.32. The van der Waals surface area contributed by atoms with Gasteiger partial charge in [0.25, 0.3) is 0 Å². The van der Waals surface area contributed by atoms with Gasteiger partial charge in [-0.2, -0.15) is 0 Å². The van der Waals surface area contributed by atoms with Gasteiger partial charge in [0.1, 0.15) is 0 Å². The summed E-state index contributed by atoms with van der Waals surface area (Å²) in [6, 6.07) is 0. The second kappa shape index (κ2) is 10.1. The summed E-state index contributed by atoms with van der Waals surface area (Å²) in [5.41, 5.74) is 5.62. The fourth-order valence-corrected chi connectivity index (χ4v) is 1.81. The highest BCUT2D eigenvalue weighted by atomic mass is 16.5. The Morgan fingerprint density at radius 3 is 2.38 bits per heavy atom. The first-order chi connectivity index (χ1) is 7.60. The third-order valence-corrected chi connectivity index (χ3v) is 2.81. The van der Waals surface area contributed by atoms with Crippen LogP contribution in [0, 0.1) is 11.8 Å². The molecule has 0 aliphatic rings. The van der Waals surface area contributed by atoms with Gasteiger partial charge in [-0.3, -0.25) is 0 Å². The van der Waals surface area contributed by atoms with Crippen LogP contribution in [0.5, 0.6) is 0 Å². The van der Waals surface area contributed by atoms with Crippen molar-refractivity contribution in [3.63, 3.8) is 0 Å². The quantitative estimate of drug-likeness (QED) is 0.623. The molecule has 3 nitrogen and oxygen atoms in total. The highest BCUT2D eigenvalue weighted by Crippen LogP contribution is 2.06. The van der Waals surface area contributed by atoms with E-state index in [0.717, 1.165) is 25.6 Å². The highest BCUT2D eigenvalue weighted by Gasteiger charge is 2.07. The van der Waals surface area contributed by atoms with E-state index in [1.165, 1.54) is 25.9 Å². The summed E-state index contributed by atoms with van der Waals surface area (Å²) >= 11 is 0. The molecule has 0 heterocycles. The lowest BCUT2D eigenvalue weighted by molar-refractivity contribution is 0.138. The van der Waals surface area contributed by atoms with E-state index in [-0.39, 0.29) is 0 Å². The predicted molar refractivity (Wildman–Crippen MR) is 70.6 cm³/mol. The van der Waals surface area contributed by atoms with E-state index in [2.05, 4.69) is 25.7 Å². The second-order valence-corrected chi connectivity index (χ2v) is 5.17. The van der Waals surface area contributed by atoms with Gasteiger partial charge in [0.05, 0.1) is 6.61 Å². The molecule has 0 aromatic heterocycles. The first-order valence-electron chi connectivity index (χ1n) is 6.51. The molecule has 98 valence electrons. The maximum absolute atomic E-state index is 5.62. The van der Waals surface area contributed by atoms with Crippen molar-refractivity contribution in [1.82, 2.24) is 4.90 Å². The summed E-state index contributed by atoms with van der Waals surface area (Å²) in [7, 11) is 1.77. The number of ether oxygens (including phenoxy) is 1. The minimum absolute atomic E-state index is 0.656. The van der Waals surface area contributed by atoms with Crippen molar-refractivity contribution in [3.05, 3.63) is 0 Å². The smallest absolute Gasteiger partial charge is 0.0589 e. The minimum Gasteiger partial charge on any atom is -0.383 e. The molecule has 0 aliphatic carbocycles. The molecule has 0 spiro atoms. The average molecular weight is 230 g/mol. The van der Waals surface area contributed by atoms with Crippen LogP contribution in [0.2, 0.25) is 0 Å². The van der Waals surface area contributed by atoms with Crippen molar-refractivity contribution in [1.29, 1.82) is 0 Å². The highest BCUT2D eigenvalue weighted by molar-refractivity contribution is 4.62. The Bertz CT molecular complexity index is 151. The zero-order valence-corrected chi connectivity index (χ0v) is 11.5. The SMILES string of the molecule is COCCN(CCCC(C)CN)CC(C)C. The topological polar surface area (TPSA) is 38.5 Å². The van der Waals surface area contributed by atoms with Crippen molar-refractivity contribution in [2.45, 2.75) is 33.6 Å². The largest absolute Gasteiger partial charge is 0.383 e. The molecule has 0 saturated heterocycles. The maximum atomic E-state index is 5.62. The van der Waals surface area contributed by atoms with E-state index in [1.807, 2.05) is 0 Å². The van der Waals surface area contributed by atoms with Crippen LogP contribution in [0.1, 0.15) is 33.6 Å². The van der Waals surface area contributed by atoms with Crippen LogP contribution in [0.4, 0.5) is 0 Å². The van der Waals surface area contributed by atoms with Crippen LogP contribution < -0.4 is 5.73 Å². The van der Waals surface area contributed by atoms with Gasteiger partial charge in [0.2, 0.25) is 0 Å². The van der Waals surface area contributed by atoms with Gasteiger partial charge in [-0.1, -0.05) is 20.8 Å². The van der Waals surface area contributed by atoms with E-state index in [4.69, 9.17) is 10.5 Å². The summed E-state index contributed by atoms with van der Waals surface area (Å²) in [5.74, 6) is 1.38. The Morgan fingerprint density at radius 1 is 1.19 bits per heavy atom. The third kappa shape index (κ3) is 9.13. The lowest BCUT2D eigenvalue weighted by Gasteiger charge is -2.24. The summed E-state index contributed by atoms with van der Waals surface area (Å²) in [5, 5.41) is 0. The molecule has 1 unspecified atom stereocenters. The number of nitrogens with zero attached hydrogens (tertiary/aromatic N) is 1. The first-order valence-corrected chi connectivity index (χ1v) is 6.51. The standard InChI is InChI=1S/C13H30N2O/c1-12(2)11-15(8-9-16-4)7-5-6-13(3)10-14/h12-13H,5-11,14H2,1-4H3. The van der Waals surface area contributed by atoms with Crippen LogP contribution in [0.25, 0.3) is 0 Å². The van der Waals surface area contributed by atoms with Crippen molar-refractivity contribution >= 4 is 0 Å². The van der Waals surface area contributed by atoms with Crippen LogP contribution in [0.3, 0.4) is 0 Å². The first kappa shape index (κ1) is 15.9. The zero-order valence-electron chi connectivity index (χ0n) is 11.5. The van der Waals surface area contributed by atoms with Gasteiger partial charge in [0.15, 0.2) is 0 Å². The van der Waals surface area contributed by atoms with E-state index in [9.17, 15) is 0 Å². The van der Waals surface area contributed by atoms with E-state index >= 15 is 0 Å². The van der Waals surface area contributed by atoms with E-state index < -0.39 is 0 Å². The fourth-order valence-electron chi connectivity index (χ4n) is 1.81. The monoisotopic (exact) mass is 230 g/mol.